The van der Waals surface area contributed by atoms with Crippen molar-refractivity contribution in [1.29, 1.82) is 0 Å². The van der Waals surface area contributed by atoms with Gasteiger partial charge in [-0.2, -0.15) is 4.98 Å². The minimum atomic E-state index is -0.819. The first-order chi connectivity index (χ1) is 20.7. The molecular weight excluding hydrogens is 554 g/mol. The van der Waals surface area contributed by atoms with Gasteiger partial charge in [-0.3, -0.25) is 9.59 Å². The minimum Gasteiger partial charge on any atom is -0.496 e. The standard InChI is InChI=1S/C32H33N3O8/c1-32(2,35-29(37)28(36)34-23-12-8-11-22(17-23)27-19-33-31(40-4)43-27)15-16-41-24-13-14-25(26(18-24)39-3)30(38)42-20-21-9-6-5-7-10-21/h5-14,17-19H,15-16,20H2,1-4H3,(H,34,36)(H,35,37). The first-order valence-corrected chi connectivity index (χ1v) is 13.4. The van der Waals surface area contributed by atoms with E-state index in [1.165, 1.54) is 20.4 Å². The number of esters is 1. The Labute approximate surface area is 249 Å². The molecule has 43 heavy (non-hydrogen) atoms. The van der Waals surface area contributed by atoms with E-state index in [9.17, 15) is 14.4 Å². The second-order valence-corrected chi connectivity index (χ2v) is 10.1. The number of amides is 2. The highest BCUT2D eigenvalue weighted by atomic mass is 16.6. The summed E-state index contributed by atoms with van der Waals surface area (Å²) in [5.41, 5.74) is 1.45. The van der Waals surface area contributed by atoms with E-state index in [1.807, 2.05) is 30.3 Å². The number of hydrogen-bond donors (Lipinski definition) is 2. The Kier molecular flexibility index (Phi) is 10.00. The molecule has 0 unspecified atom stereocenters. The molecule has 0 fully saturated rings. The lowest BCUT2D eigenvalue weighted by Crippen LogP contribution is -2.48. The number of anilines is 1. The number of hydrogen-bond acceptors (Lipinski definition) is 9. The van der Waals surface area contributed by atoms with Crippen LogP contribution in [0.2, 0.25) is 0 Å². The number of oxazole rings is 1. The maximum Gasteiger partial charge on any atom is 0.393 e. The van der Waals surface area contributed by atoms with Crippen LogP contribution in [0.25, 0.3) is 11.3 Å². The number of carbonyl (C=O) groups is 3. The van der Waals surface area contributed by atoms with Crippen molar-refractivity contribution in [2.75, 3.05) is 26.1 Å². The van der Waals surface area contributed by atoms with Gasteiger partial charge in [0.25, 0.3) is 0 Å². The number of methoxy groups -OCH3 is 2. The van der Waals surface area contributed by atoms with E-state index in [-0.39, 0.29) is 24.9 Å². The Morgan fingerprint density at radius 2 is 1.70 bits per heavy atom. The zero-order valence-electron chi connectivity index (χ0n) is 24.3. The predicted octanol–water partition coefficient (Wildman–Crippen LogP) is 5.02. The van der Waals surface area contributed by atoms with Crippen LogP contribution in [0, 0.1) is 0 Å². The van der Waals surface area contributed by atoms with E-state index < -0.39 is 23.3 Å². The smallest absolute Gasteiger partial charge is 0.393 e. The van der Waals surface area contributed by atoms with Gasteiger partial charge in [0.1, 0.15) is 23.7 Å². The van der Waals surface area contributed by atoms with Crippen molar-refractivity contribution in [2.24, 2.45) is 0 Å². The molecule has 0 aliphatic rings. The molecule has 2 N–H and O–H groups in total. The highest BCUT2D eigenvalue weighted by molar-refractivity contribution is 6.39. The van der Waals surface area contributed by atoms with Crippen LogP contribution in [-0.4, -0.2) is 49.1 Å². The second kappa shape index (κ2) is 14.0. The highest BCUT2D eigenvalue weighted by Crippen LogP contribution is 2.27. The van der Waals surface area contributed by atoms with Crippen LogP contribution in [-0.2, 0) is 20.9 Å². The van der Waals surface area contributed by atoms with E-state index in [2.05, 4.69) is 15.6 Å². The summed E-state index contributed by atoms with van der Waals surface area (Å²) in [5.74, 6) is -0.891. The zero-order valence-corrected chi connectivity index (χ0v) is 24.3. The number of ether oxygens (including phenoxy) is 4. The van der Waals surface area contributed by atoms with Crippen LogP contribution in [0.1, 0.15) is 36.2 Å². The SMILES string of the molecule is COc1ncc(-c2cccc(NC(=O)C(=O)NC(C)(C)CCOc3ccc(C(=O)OCc4ccccc4)c(OC)c3)c2)o1. The molecule has 11 nitrogen and oxygen atoms in total. The second-order valence-electron chi connectivity index (χ2n) is 10.1. The average Bonchev–Trinajstić information content (AvgIpc) is 3.50. The Morgan fingerprint density at radius 1 is 0.907 bits per heavy atom. The largest absolute Gasteiger partial charge is 0.496 e. The van der Waals surface area contributed by atoms with Gasteiger partial charge in [0, 0.05) is 29.3 Å². The van der Waals surface area contributed by atoms with E-state index >= 15 is 0 Å². The molecule has 0 saturated carbocycles. The Hall–Kier alpha value is -5.32. The van der Waals surface area contributed by atoms with Gasteiger partial charge in [-0.15, -0.1) is 0 Å². The molecule has 1 heterocycles. The number of nitrogens with one attached hydrogen (secondary N) is 2. The summed E-state index contributed by atoms with van der Waals surface area (Å²) >= 11 is 0. The van der Waals surface area contributed by atoms with Gasteiger partial charge < -0.3 is 34.0 Å². The lowest BCUT2D eigenvalue weighted by atomic mass is 10.0. The lowest BCUT2D eigenvalue weighted by Gasteiger charge is -2.26. The van der Waals surface area contributed by atoms with Gasteiger partial charge in [-0.05, 0) is 43.7 Å². The van der Waals surface area contributed by atoms with Crippen LogP contribution >= 0.6 is 0 Å². The van der Waals surface area contributed by atoms with Crippen LogP contribution in [0.5, 0.6) is 17.6 Å². The van der Waals surface area contributed by atoms with E-state index in [4.69, 9.17) is 23.4 Å². The fraction of sp³-hybridized carbons (Fsp3) is 0.250. The summed E-state index contributed by atoms with van der Waals surface area (Å²) in [6.07, 6.45) is 2.01. The first kappa shape index (κ1) is 30.6. The summed E-state index contributed by atoms with van der Waals surface area (Å²) < 4.78 is 27.0. The van der Waals surface area contributed by atoms with Gasteiger partial charge in [-0.25, -0.2) is 4.79 Å². The van der Waals surface area contributed by atoms with Gasteiger partial charge in [0.05, 0.1) is 27.0 Å². The number of carbonyl (C=O) groups excluding carboxylic acids is 3. The fourth-order valence-corrected chi connectivity index (χ4v) is 4.01. The molecular formula is C32H33N3O8. The average molecular weight is 588 g/mol. The third-order valence-electron chi connectivity index (χ3n) is 6.32. The van der Waals surface area contributed by atoms with Gasteiger partial charge in [0.15, 0.2) is 5.76 Å². The quantitative estimate of drug-likeness (QED) is 0.173. The summed E-state index contributed by atoms with van der Waals surface area (Å²) in [7, 11) is 2.90. The molecule has 0 radical (unpaired) electrons. The number of nitrogens with zero attached hydrogens (tertiary/aromatic N) is 1. The molecule has 4 rings (SSSR count). The molecule has 1 aromatic heterocycles. The van der Waals surface area contributed by atoms with Gasteiger partial charge in [-0.1, -0.05) is 42.5 Å². The fourth-order valence-electron chi connectivity index (χ4n) is 4.01. The molecule has 0 atom stereocenters. The van der Waals surface area contributed by atoms with Gasteiger partial charge >= 0.3 is 23.9 Å². The molecule has 0 aliphatic heterocycles. The molecule has 0 aliphatic carbocycles. The molecule has 0 saturated heterocycles. The zero-order chi connectivity index (χ0) is 30.8. The van der Waals surface area contributed by atoms with E-state index in [0.29, 0.717) is 34.9 Å². The third kappa shape index (κ3) is 8.59. The van der Waals surface area contributed by atoms with Crippen molar-refractivity contribution in [1.82, 2.24) is 10.3 Å². The summed E-state index contributed by atoms with van der Waals surface area (Å²) in [6.45, 7) is 3.93. The Balaban J connectivity index is 1.27. The third-order valence-corrected chi connectivity index (χ3v) is 6.32. The molecule has 11 heteroatoms. The number of rotatable bonds is 12. The van der Waals surface area contributed by atoms with Crippen LogP contribution in [0.15, 0.2) is 83.4 Å². The van der Waals surface area contributed by atoms with Gasteiger partial charge in [0.2, 0.25) is 0 Å². The van der Waals surface area contributed by atoms with Crippen molar-refractivity contribution in [2.45, 2.75) is 32.4 Å². The molecule has 4 aromatic rings. The maximum absolute atomic E-state index is 12.7. The molecule has 3 aromatic carbocycles. The van der Waals surface area contributed by atoms with Crippen molar-refractivity contribution in [3.05, 3.63) is 90.1 Å². The van der Waals surface area contributed by atoms with Crippen molar-refractivity contribution >= 4 is 23.5 Å². The van der Waals surface area contributed by atoms with Crippen LogP contribution in [0.4, 0.5) is 5.69 Å². The monoisotopic (exact) mass is 587 g/mol. The summed E-state index contributed by atoms with van der Waals surface area (Å²) in [5, 5.41) is 5.33. The van der Waals surface area contributed by atoms with Crippen LogP contribution < -0.4 is 24.8 Å². The maximum atomic E-state index is 12.7. The summed E-state index contributed by atoms with van der Waals surface area (Å²) in [6, 6.07) is 21.0. The van der Waals surface area contributed by atoms with Crippen molar-refractivity contribution < 1.29 is 37.7 Å². The first-order valence-electron chi connectivity index (χ1n) is 13.4. The molecule has 0 spiro atoms. The topological polar surface area (TPSA) is 138 Å². The van der Waals surface area contributed by atoms with Crippen molar-refractivity contribution in [3.63, 3.8) is 0 Å². The molecule has 2 amide bonds. The predicted molar refractivity (Wildman–Crippen MR) is 158 cm³/mol. The van der Waals surface area contributed by atoms with Crippen LogP contribution in [0.3, 0.4) is 0 Å². The highest BCUT2D eigenvalue weighted by Gasteiger charge is 2.25. The minimum absolute atomic E-state index is 0.116. The van der Waals surface area contributed by atoms with E-state index in [0.717, 1.165) is 5.56 Å². The number of benzene rings is 3. The summed E-state index contributed by atoms with van der Waals surface area (Å²) in [4.78, 5) is 41.8. The van der Waals surface area contributed by atoms with E-state index in [1.54, 1.807) is 56.3 Å². The lowest BCUT2D eigenvalue weighted by molar-refractivity contribution is -0.137. The Bertz CT molecular complexity index is 1570. The number of aromatic nitrogens is 1. The Morgan fingerprint density at radius 3 is 2.42 bits per heavy atom. The normalized spacial score (nSPS) is 10.9. The molecule has 224 valence electrons. The van der Waals surface area contributed by atoms with Crippen molar-refractivity contribution in [3.8, 4) is 28.9 Å². The molecule has 0 bridgehead atoms.